The number of hydrogen-bond donors (Lipinski definition) is 1. The number of nitrogens with one attached hydrogen (secondary N) is 1. The molecule has 3 aromatic carbocycles. The van der Waals surface area contributed by atoms with Gasteiger partial charge in [-0.25, -0.2) is 13.1 Å². The van der Waals surface area contributed by atoms with Crippen molar-refractivity contribution >= 4 is 15.7 Å². The van der Waals surface area contributed by atoms with E-state index in [2.05, 4.69) is 11.4 Å². The molecule has 1 atom stereocenters. The van der Waals surface area contributed by atoms with Crippen molar-refractivity contribution in [1.29, 1.82) is 0 Å². The zero-order valence-electron chi connectivity index (χ0n) is 19.6. The lowest BCUT2D eigenvalue weighted by Crippen LogP contribution is -2.26. The smallest absolute Gasteiger partial charge is 0.255 e. The van der Waals surface area contributed by atoms with E-state index in [1.165, 1.54) is 6.26 Å². The van der Waals surface area contributed by atoms with Crippen LogP contribution >= 0.6 is 0 Å². The molecule has 6 nitrogen and oxygen atoms in total. The minimum absolute atomic E-state index is 0.246. The van der Waals surface area contributed by atoms with Gasteiger partial charge in [-0.1, -0.05) is 54.1 Å². The first-order chi connectivity index (χ1) is 16.1. The van der Waals surface area contributed by atoms with E-state index in [1.807, 2.05) is 63.2 Å². The predicted octanol–water partition coefficient (Wildman–Crippen LogP) is 5.05. The lowest BCUT2D eigenvalue weighted by atomic mass is 10.00. The van der Waals surface area contributed by atoms with Crippen molar-refractivity contribution in [3.05, 3.63) is 101 Å². The van der Waals surface area contributed by atoms with Crippen LogP contribution in [0.1, 0.15) is 40.0 Å². The van der Waals surface area contributed by atoms with Crippen LogP contribution in [0.2, 0.25) is 0 Å². The number of sulfone groups is 1. The summed E-state index contributed by atoms with van der Waals surface area (Å²) in [6.07, 6.45) is 2.92. The normalized spacial score (nSPS) is 12.4. The Bertz CT molecular complexity index is 1440. The van der Waals surface area contributed by atoms with E-state index in [4.69, 9.17) is 5.10 Å². The average Bonchev–Trinajstić information content (AvgIpc) is 3.24. The lowest BCUT2D eigenvalue weighted by Gasteiger charge is -2.15. The highest BCUT2D eigenvalue weighted by atomic mass is 32.2. The number of nitrogens with zero attached hydrogens (tertiary/aromatic N) is 2. The maximum absolute atomic E-state index is 13.4. The molecule has 0 spiro atoms. The molecule has 0 bridgehead atoms. The van der Waals surface area contributed by atoms with E-state index >= 15 is 0 Å². The Morgan fingerprint density at radius 1 is 0.971 bits per heavy atom. The van der Waals surface area contributed by atoms with Gasteiger partial charge >= 0.3 is 0 Å². The summed E-state index contributed by atoms with van der Waals surface area (Å²) in [4.78, 5) is 13.7. The van der Waals surface area contributed by atoms with Crippen LogP contribution in [0.3, 0.4) is 0 Å². The Labute approximate surface area is 200 Å². The van der Waals surface area contributed by atoms with Crippen molar-refractivity contribution in [2.75, 3.05) is 6.26 Å². The summed E-state index contributed by atoms with van der Waals surface area (Å²) in [7, 11) is -3.28. The van der Waals surface area contributed by atoms with Crippen molar-refractivity contribution in [2.45, 2.75) is 31.7 Å². The third-order valence-corrected chi connectivity index (χ3v) is 6.90. The van der Waals surface area contributed by atoms with Crippen molar-refractivity contribution in [3.63, 3.8) is 0 Å². The van der Waals surface area contributed by atoms with Crippen molar-refractivity contribution in [2.24, 2.45) is 0 Å². The van der Waals surface area contributed by atoms with Crippen LogP contribution in [0.25, 0.3) is 16.9 Å². The summed E-state index contributed by atoms with van der Waals surface area (Å²) in [5, 5.41) is 7.80. The molecule has 4 aromatic rings. The van der Waals surface area contributed by atoms with Gasteiger partial charge in [-0.15, -0.1) is 0 Å². The highest BCUT2D eigenvalue weighted by Gasteiger charge is 2.22. The molecule has 1 heterocycles. The second-order valence-electron chi connectivity index (χ2n) is 8.53. The average molecular weight is 474 g/mol. The number of benzene rings is 3. The Morgan fingerprint density at radius 3 is 2.26 bits per heavy atom. The van der Waals surface area contributed by atoms with E-state index in [1.54, 1.807) is 35.1 Å². The fraction of sp³-hybridized carbons (Fsp3) is 0.185. The number of para-hydroxylation sites is 1. The van der Waals surface area contributed by atoms with Gasteiger partial charge in [0, 0.05) is 18.0 Å². The first-order valence-corrected chi connectivity index (χ1v) is 12.9. The summed E-state index contributed by atoms with van der Waals surface area (Å²) in [5.41, 5.74) is 5.82. The van der Waals surface area contributed by atoms with Gasteiger partial charge in [0.15, 0.2) is 9.84 Å². The minimum Gasteiger partial charge on any atom is -0.345 e. The van der Waals surface area contributed by atoms with Crippen LogP contribution in [0.4, 0.5) is 0 Å². The standard InChI is InChI=1S/C27H27N3O3S/c1-18-10-15-24(19(2)16-18)26-25(17-30(29-26)22-8-6-5-7-9-22)27(31)28-20(3)21-11-13-23(14-12-21)34(4,32)33/h5-17,20H,1-4H3,(H,28,31). The van der Waals surface area contributed by atoms with Gasteiger partial charge in [-0.2, -0.15) is 5.10 Å². The molecule has 174 valence electrons. The van der Waals surface area contributed by atoms with E-state index in [0.717, 1.165) is 27.9 Å². The quantitative estimate of drug-likeness (QED) is 0.425. The van der Waals surface area contributed by atoms with Gasteiger partial charge in [0.1, 0.15) is 5.69 Å². The molecule has 0 fully saturated rings. The van der Waals surface area contributed by atoms with E-state index in [9.17, 15) is 13.2 Å². The van der Waals surface area contributed by atoms with E-state index in [-0.39, 0.29) is 16.8 Å². The van der Waals surface area contributed by atoms with Gasteiger partial charge in [0.05, 0.1) is 22.2 Å². The van der Waals surface area contributed by atoms with Crippen LogP contribution in [0.15, 0.2) is 83.9 Å². The lowest BCUT2D eigenvalue weighted by molar-refractivity contribution is 0.0940. The van der Waals surface area contributed by atoms with Gasteiger partial charge < -0.3 is 5.32 Å². The third kappa shape index (κ3) is 4.94. The summed E-state index contributed by atoms with van der Waals surface area (Å²) in [6, 6.07) is 22.0. The Hall–Kier alpha value is -3.71. The van der Waals surface area contributed by atoms with Crippen LogP contribution < -0.4 is 5.32 Å². The molecule has 0 radical (unpaired) electrons. The second-order valence-corrected chi connectivity index (χ2v) is 10.5. The zero-order chi connectivity index (χ0) is 24.5. The maximum atomic E-state index is 13.4. The molecular formula is C27H27N3O3S. The number of aromatic nitrogens is 2. The highest BCUT2D eigenvalue weighted by molar-refractivity contribution is 7.90. The summed E-state index contributed by atoms with van der Waals surface area (Å²) >= 11 is 0. The first kappa shape index (κ1) is 23.4. The summed E-state index contributed by atoms with van der Waals surface area (Å²) in [5.74, 6) is -0.253. The number of aryl methyl sites for hydroxylation is 2. The predicted molar refractivity (Wildman–Crippen MR) is 134 cm³/mol. The minimum atomic E-state index is -3.28. The molecule has 1 N–H and O–H groups in total. The van der Waals surface area contributed by atoms with Crippen LogP contribution in [-0.4, -0.2) is 30.4 Å². The van der Waals surface area contributed by atoms with E-state index < -0.39 is 9.84 Å². The Morgan fingerprint density at radius 2 is 1.65 bits per heavy atom. The maximum Gasteiger partial charge on any atom is 0.255 e. The molecule has 34 heavy (non-hydrogen) atoms. The first-order valence-electron chi connectivity index (χ1n) is 11.0. The van der Waals surface area contributed by atoms with Gasteiger partial charge in [0.25, 0.3) is 5.91 Å². The summed E-state index contributed by atoms with van der Waals surface area (Å²) < 4.78 is 25.2. The fourth-order valence-corrected chi connectivity index (χ4v) is 4.52. The SMILES string of the molecule is Cc1ccc(-c2nn(-c3ccccc3)cc2C(=O)NC(C)c2ccc(S(C)(=O)=O)cc2)c(C)c1. The molecule has 1 unspecified atom stereocenters. The zero-order valence-corrected chi connectivity index (χ0v) is 20.4. The molecule has 0 aliphatic rings. The Balaban J connectivity index is 1.69. The number of rotatable bonds is 6. The molecular weight excluding hydrogens is 446 g/mol. The molecule has 0 aliphatic carbocycles. The van der Waals surface area contributed by atoms with Crippen LogP contribution in [-0.2, 0) is 9.84 Å². The molecule has 4 rings (SSSR count). The highest BCUT2D eigenvalue weighted by Crippen LogP contribution is 2.28. The molecule has 7 heteroatoms. The largest absolute Gasteiger partial charge is 0.345 e. The fourth-order valence-electron chi connectivity index (χ4n) is 3.89. The van der Waals surface area contributed by atoms with Crippen molar-refractivity contribution < 1.29 is 13.2 Å². The van der Waals surface area contributed by atoms with Crippen molar-refractivity contribution in [3.8, 4) is 16.9 Å². The molecule has 1 amide bonds. The number of carbonyl (C=O) groups is 1. The van der Waals surface area contributed by atoms with Gasteiger partial charge in [0.2, 0.25) is 0 Å². The van der Waals surface area contributed by atoms with Gasteiger partial charge in [-0.3, -0.25) is 4.79 Å². The van der Waals surface area contributed by atoms with Crippen molar-refractivity contribution in [1.82, 2.24) is 15.1 Å². The topological polar surface area (TPSA) is 81.1 Å². The summed E-state index contributed by atoms with van der Waals surface area (Å²) in [6.45, 7) is 5.91. The molecule has 0 saturated heterocycles. The third-order valence-electron chi connectivity index (χ3n) is 5.77. The van der Waals surface area contributed by atoms with E-state index in [0.29, 0.717) is 11.3 Å². The number of hydrogen-bond acceptors (Lipinski definition) is 4. The van der Waals surface area contributed by atoms with Gasteiger partial charge in [-0.05, 0) is 56.2 Å². The molecule has 0 saturated carbocycles. The molecule has 0 aliphatic heterocycles. The molecule has 1 aromatic heterocycles. The van der Waals surface area contributed by atoms with Crippen LogP contribution in [0, 0.1) is 13.8 Å². The Kier molecular flexibility index (Phi) is 6.39. The van der Waals surface area contributed by atoms with Crippen LogP contribution in [0.5, 0.6) is 0 Å². The monoisotopic (exact) mass is 473 g/mol. The second kappa shape index (κ2) is 9.27. The number of carbonyl (C=O) groups excluding carboxylic acids is 1. The number of amides is 1.